The molecule has 34 heavy (non-hydrogen) atoms. The molecule has 0 atom stereocenters. The molecule has 4 aromatic carbocycles. The molecule has 1 aliphatic rings. The first kappa shape index (κ1) is 22.4. The average Bonchev–Trinajstić information content (AvgIpc) is 2.89. The lowest BCUT2D eigenvalue weighted by molar-refractivity contribution is 0.829. The summed E-state index contributed by atoms with van der Waals surface area (Å²) in [5, 5.41) is 3.65. The summed E-state index contributed by atoms with van der Waals surface area (Å²) in [6, 6.07) is 35.0. The molecule has 3 nitrogen and oxygen atoms in total. The van der Waals surface area contributed by atoms with Crippen LogP contribution in [-0.4, -0.2) is 13.1 Å². The van der Waals surface area contributed by atoms with Crippen molar-refractivity contribution in [3.63, 3.8) is 0 Å². The molecular formula is C30H31N3S. The maximum atomic E-state index is 3.65. The molecule has 0 aromatic heterocycles. The minimum atomic E-state index is 0.917. The fourth-order valence-corrected chi connectivity index (χ4v) is 5.49. The van der Waals surface area contributed by atoms with Crippen LogP contribution in [0.4, 0.5) is 22.7 Å². The Morgan fingerprint density at radius 2 is 1.03 bits per heavy atom. The first-order valence-corrected chi connectivity index (χ1v) is 12.9. The highest BCUT2D eigenvalue weighted by molar-refractivity contribution is 7.99. The van der Waals surface area contributed by atoms with E-state index < -0.39 is 0 Å². The van der Waals surface area contributed by atoms with Crippen molar-refractivity contribution in [3.8, 4) is 0 Å². The maximum Gasteiger partial charge on any atom is 0.0527 e. The molecule has 0 unspecified atom stereocenters. The van der Waals surface area contributed by atoms with Gasteiger partial charge in [-0.25, -0.2) is 0 Å². The topological polar surface area (TPSA) is 18.5 Å². The van der Waals surface area contributed by atoms with Gasteiger partial charge in [0.2, 0.25) is 0 Å². The molecule has 172 valence electrons. The standard InChI is InChI=1S/C30H31N3S/c1-3-32(21-23-11-7-5-8-12-23)25-15-17-27-29(19-25)34-30-20-26(16-18-28(30)31-27)33(4-2)22-24-13-9-6-10-14-24/h5-20,31H,3-4,21-22H2,1-2H3. The SMILES string of the molecule is CCN(Cc1ccccc1)c1ccc2c(c1)Sc1cc(N(CC)Cc3ccccc3)ccc1N2. The van der Waals surface area contributed by atoms with Crippen LogP contribution < -0.4 is 15.1 Å². The Labute approximate surface area is 207 Å². The van der Waals surface area contributed by atoms with E-state index in [0.717, 1.165) is 26.2 Å². The van der Waals surface area contributed by atoms with E-state index in [1.165, 1.54) is 43.7 Å². The van der Waals surface area contributed by atoms with Crippen molar-refractivity contribution in [2.45, 2.75) is 36.7 Å². The monoisotopic (exact) mass is 465 g/mol. The number of nitrogens with one attached hydrogen (secondary N) is 1. The zero-order chi connectivity index (χ0) is 23.3. The molecule has 5 rings (SSSR count). The smallest absolute Gasteiger partial charge is 0.0527 e. The number of rotatable bonds is 8. The Morgan fingerprint density at radius 3 is 1.44 bits per heavy atom. The summed E-state index contributed by atoms with van der Waals surface area (Å²) < 4.78 is 0. The van der Waals surface area contributed by atoms with Crippen molar-refractivity contribution < 1.29 is 0 Å². The molecule has 0 saturated carbocycles. The van der Waals surface area contributed by atoms with E-state index in [1.54, 1.807) is 0 Å². The molecule has 4 heteroatoms. The third-order valence-electron chi connectivity index (χ3n) is 6.35. The first-order valence-electron chi connectivity index (χ1n) is 12.0. The predicted molar refractivity (Wildman–Crippen MR) is 147 cm³/mol. The summed E-state index contributed by atoms with van der Waals surface area (Å²) in [4.78, 5) is 7.42. The van der Waals surface area contributed by atoms with E-state index in [4.69, 9.17) is 0 Å². The van der Waals surface area contributed by atoms with Gasteiger partial charge in [0.15, 0.2) is 0 Å². The van der Waals surface area contributed by atoms with Gasteiger partial charge in [-0.15, -0.1) is 0 Å². The van der Waals surface area contributed by atoms with Crippen LogP contribution in [0.2, 0.25) is 0 Å². The van der Waals surface area contributed by atoms with Crippen molar-refractivity contribution in [1.82, 2.24) is 0 Å². The summed E-state index contributed by atoms with van der Waals surface area (Å²) in [5.74, 6) is 0. The minimum Gasteiger partial charge on any atom is -0.367 e. The van der Waals surface area contributed by atoms with Crippen molar-refractivity contribution >= 4 is 34.5 Å². The second kappa shape index (κ2) is 10.3. The summed E-state index contributed by atoms with van der Waals surface area (Å²) in [7, 11) is 0. The number of nitrogens with zero attached hydrogens (tertiary/aromatic N) is 2. The number of anilines is 4. The summed E-state index contributed by atoms with van der Waals surface area (Å²) in [6.45, 7) is 8.22. The van der Waals surface area contributed by atoms with Gasteiger partial charge in [0.25, 0.3) is 0 Å². The number of benzene rings is 4. The highest BCUT2D eigenvalue weighted by Gasteiger charge is 2.19. The molecule has 1 N–H and O–H groups in total. The quantitative estimate of drug-likeness (QED) is 0.250. The Hall–Kier alpha value is -3.37. The molecule has 0 bridgehead atoms. The van der Waals surface area contributed by atoms with Crippen molar-refractivity contribution in [2.24, 2.45) is 0 Å². The molecule has 0 saturated heterocycles. The maximum absolute atomic E-state index is 3.65. The van der Waals surface area contributed by atoms with Crippen LogP contribution >= 0.6 is 11.8 Å². The number of fused-ring (bicyclic) bond motifs is 2. The van der Waals surface area contributed by atoms with Gasteiger partial charge in [0.05, 0.1) is 11.4 Å². The van der Waals surface area contributed by atoms with E-state index in [0.29, 0.717) is 0 Å². The fraction of sp³-hybridized carbons (Fsp3) is 0.200. The van der Waals surface area contributed by atoms with Gasteiger partial charge >= 0.3 is 0 Å². The Kier molecular flexibility index (Phi) is 6.77. The molecule has 1 aliphatic heterocycles. The van der Waals surface area contributed by atoms with Gasteiger partial charge in [0.1, 0.15) is 0 Å². The van der Waals surface area contributed by atoms with Crippen molar-refractivity contribution in [1.29, 1.82) is 0 Å². The van der Waals surface area contributed by atoms with Gasteiger partial charge in [-0.2, -0.15) is 0 Å². The third kappa shape index (κ3) is 4.92. The summed E-state index contributed by atoms with van der Waals surface area (Å²) in [5.41, 5.74) is 7.56. The van der Waals surface area contributed by atoms with E-state index in [2.05, 4.69) is 126 Å². The van der Waals surface area contributed by atoms with Crippen molar-refractivity contribution in [2.75, 3.05) is 28.2 Å². The first-order chi connectivity index (χ1) is 16.7. The van der Waals surface area contributed by atoms with Crippen LogP contribution in [0, 0.1) is 0 Å². The third-order valence-corrected chi connectivity index (χ3v) is 7.46. The molecule has 0 amide bonds. The van der Waals surface area contributed by atoms with Gasteiger partial charge < -0.3 is 15.1 Å². The largest absolute Gasteiger partial charge is 0.367 e. The zero-order valence-corrected chi connectivity index (χ0v) is 20.7. The van der Waals surface area contributed by atoms with Gasteiger partial charge in [-0.05, 0) is 61.4 Å². The molecule has 0 spiro atoms. The lowest BCUT2D eigenvalue weighted by atomic mass is 10.1. The van der Waals surface area contributed by atoms with Gasteiger partial charge in [0, 0.05) is 47.3 Å². The highest BCUT2D eigenvalue weighted by Crippen LogP contribution is 2.46. The van der Waals surface area contributed by atoms with Crippen molar-refractivity contribution in [3.05, 3.63) is 108 Å². The van der Waals surface area contributed by atoms with E-state index in [9.17, 15) is 0 Å². The average molecular weight is 466 g/mol. The molecule has 1 heterocycles. The van der Waals surface area contributed by atoms with Crippen LogP contribution in [0.25, 0.3) is 0 Å². The van der Waals surface area contributed by atoms with E-state index in [-0.39, 0.29) is 0 Å². The number of hydrogen-bond acceptors (Lipinski definition) is 4. The minimum absolute atomic E-state index is 0.917. The van der Waals surface area contributed by atoms with Gasteiger partial charge in [-0.3, -0.25) is 0 Å². The predicted octanol–water partition coefficient (Wildman–Crippen LogP) is 7.95. The lowest BCUT2D eigenvalue weighted by Crippen LogP contribution is -2.22. The molecule has 0 radical (unpaired) electrons. The van der Waals surface area contributed by atoms with Crippen LogP contribution in [0.15, 0.2) is 107 Å². The molecule has 0 fully saturated rings. The fourth-order valence-electron chi connectivity index (χ4n) is 4.43. The highest BCUT2D eigenvalue weighted by atomic mass is 32.2. The lowest BCUT2D eigenvalue weighted by Gasteiger charge is -2.28. The second-order valence-electron chi connectivity index (χ2n) is 8.59. The number of hydrogen-bond donors (Lipinski definition) is 1. The van der Waals surface area contributed by atoms with Crippen LogP contribution in [0.3, 0.4) is 0 Å². The Morgan fingerprint density at radius 1 is 0.588 bits per heavy atom. The Balaban J connectivity index is 1.37. The summed E-state index contributed by atoms with van der Waals surface area (Å²) in [6.07, 6.45) is 0. The zero-order valence-electron chi connectivity index (χ0n) is 19.9. The van der Waals surface area contributed by atoms with E-state index >= 15 is 0 Å². The molecular weight excluding hydrogens is 434 g/mol. The van der Waals surface area contributed by atoms with Gasteiger partial charge in [-0.1, -0.05) is 72.4 Å². The second-order valence-corrected chi connectivity index (χ2v) is 9.67. The van der Waals surface area contributed by atoms with Crippen LogP contribution in [-0.2, 0) is 13.1 Å². The van der Waals surface area contributed by atoms with Crippen LogP contribution in [0.1, 0.15) is 25.0 Å². The molecule has 4 aromatic rings. The van der Waals surface area contributed by atoms with E-state index in [1.807, 2.05) is 11.8 Å². The Bertz CT molecular complexity index is 1140. The summed E-state index contributed by atoms with van der Waals surface area (Å²) >= 11 is 1.86. The van der Waals surface area contributed by atoms with Crippen LogP contribution in [0.5, 0.6) is 0 Å². The molecule has 0 aliphatic carbocycles. The normalized spacial score (nSPS) is 11.8.